The summed E-state index contributed by atoms with van der Waals surface area (Å²) in [5.41, 5.74) is 1.66. The first-order valence-corrected chi connectivity index (χ1v) is 6.50. The number of benzene rings is 1. The molecular weight excluding hydrogens is 312 g/mol. The van der Waals surface area contributed by atoms with Gasteiger partial charge in [-0.2, -0.15) is 0 Å². The van der Waals surface area contributed by atoms with E-state index in [-0.39, 0.29) is 6.42 Å². The van der Waals surface area contributed by atoms with E-state index in [2.05, 4.69) is 25.9 Å². The summed E-state index contributed by atoms with van der Waals surface area (Å²) in [6.45, 7) is 0. The fraction of sp³-hybridized carbons (Fsp3) is 0.231. The van der Waals surface area contributed by atoms with Gasteiger partial charge in [-0.05, 0) is 28.1 Å². The van der Waals surface area contributed by atoms with Crippen LogP contribution in [0.1, 0.15) is 12.2 Å². The van der Waals surface area contributed by atoms with Crippen LogP contribution < -0.4 is 4.74 Å². The average molecular weight is 325 g/mol. The number of ether oxygens (including phenoxy) is 1. The van der Waals surface area contributed by atoms with Crippen LogP contribution in [0, 0.1) is 0 Å². The van der Waals surface area contributed by atoms with Gasteiger partial charge < -0.3 is 14.8 Å². The lowest BCUT2D eigenvalue weighted by molar-refractivity contribution is -0.137. The van der Waals surface area contributed by atoms with E-state index in [1.165, 1.54) is 0 Å². The molecule has 0 saturated heterocycles. The van der Waals surface area contributed by atoms with Crippen molar-refractivity contribution in [2.24, 2.45) is 0 Å². The molecule has 0 unspecified atom stereocenters. The highest BCUT2D eigenvalue weighted by Crippen LogP contribution is 2.28. The molecule has 0 aliphatic carbocycles. The second-order valence-corrected chi connectivity index (χ2v) is 4.76. The molecule has 0 fully saturated rings. The molecule has 19 heavy (non-hydrogen) atoms. The maximum atomic E-state index is 10.5. The Morgan fingerprint density at radius 1 is 1.53 bits per heavy atom. The van der Waals surface area contributed by atoms with Gasteiger partial charge in [-0.15, -0.1) is 0 Å². The molecule has 0 aliphatic heterocycles. The normalized spacial score (nSPS) is 10.4. The van der Waals surface area contributed by atoms with Gasteiger partial charge in [0.05, 0.1) is 13.5 Å². The number of hydrogen-bond acceptors (Lipinski definition) is 3. The molecular formula is C13H13BrN2O3. The molecule has 5 nitrogen and oxygen atoms in total. The fourth-order valence-corrected chi connectivity index (χ4v) is 2.25. The molecule has 2 N–H and O–H groups in total. The Morgan fingerprint density at radius 2 is 2.32 bits per heavy atom. The Hall–Kier alpha value is -1.82. The zero-order valence-electron chi connectivity index (χ0n) is 10.3. The van der Waals surface area contributed by atoms with Crippen LogP contribution in [-0.4, -0.2) is 28.2 Å². The third-order valence-corrected chi connectivity index (χ3v) is 3.20. The summed E-state index contributed by atoms with van der Waals surface area (Å²) in [4.78, 5) is 18.0. The Kier molecular flexibility index (Phi) is 4.21. The number of hydrogen-bond donors (Lipinski definition) is 2. The van der Waals surface area contributed by atoms with Crippen molar-refractivity contribution in [1.29, 1.82) is 0 Å². The lowest BCUT2D eigenvalue weighted by Gasteiger charge is -2.02. The van der Waals surface area contributed by atoms with Crippen LogP contribution in [-0.2, 0) is 11.2 Å². The smallest absolute Gasteiger partial charge is 0.303 e. The van der Waals surface area contributed by atoms with E-state index in [4.69, 9.17) is 9.84 Å². The molecule has 0 radical (unpaired) electrons. The van der Waals surface area contributed by atoms with Gasteiger partial charge in [-0.25, -0.2) is 4.98 Å². The first-order valence-electron chi connectivity index (χ1n) is 5.70. The third-order valence-electron chi connectivity index (χ3n) is 2.63. The van der Waals surface area contributed by atoms with E-state index >= 15 is 0 Å². The number of aromatic nitrogens is 2. The van der Waals surface area contributed by atoms with Crippen molar-refractivity contribution in [3.05, 3.63) is 34.7 Å². The van der Waals surface area contributed by atoms with Crippen LogP contribution in [0.3, 0.4) is 0 Å². The van der Waals surface area contributed by atoms with Crippen LogP contribution in [0.25, 0.3) is 11.3 Å². The molecule has 0 bridgehead atoms. The molecule has 0 aliphatic rings. The van der Waals surface area contributed by atoms with Gasteiger partial charge >= 0.3 is 5.97 Å². The van der Waals surface area contributed by atoms with Crippen molar-refractivity contribution in [3.8, 4) is 17.0 Å². The van der Waals surface area contributed by atoms with Gasteiger partial charge in [-0.3, -0.25) is 4.79 Å². The summed E-state index contributed by atoms with van der Waals surface area (Å²) in [5.74, 6) is 0.557. The number of methoxy groups -OCH3 is 1. The summed E-state index contributed by atoms with van der Waals surface area (Å²) in [5, 5.41) is 8.67. The van der Waals surface area contributed by atoms with E-state index in [0.29, 0.717) is 12.2 Å². The first-order chi connectivity index (χ1) is 9.10. The van der Waals surface area contributed by atoms with E-state index in [1.54, 1.807) is 7.11 Å². The second kappa shape index (κ2) is 5.88. The summed E-state index contributed by atoms with van der Waals surface area (Å²) < 4.78 is 5.91. The lowest BCUT2D eigenvalue weighted by atomic mass is 10.1. The van der Waals surface area contributed by atoms with Crippen LogP contribution >= 0.6 is 15.9 Å². The minimum absolute atomic E-state index is 0.0531. The largest absolute Gasteiger partial charge is 0.497 e. The van der Waals surface area contributed by atoms with E-state index < -0.39 is 5.97 Å². The highest BCUT2D eigenvalue weighted by molar-refractivity contribution is 9.10. The minimum atomic E-state index is -0.838. The topological polar surface area (TPSA) is 75.2 Å². The molecule has 1 aromatic carbocycles. The van der Waals surface area contributed by atoms with Gasteiger partial charge in [0.15, 0.2) is 0 Å². The molecule has 0 spiro atoms. The number of carboxylic acid groups (broad SMARTS) is 1. The number of aryl methyl sites for hydroxylation is 1. The zero-order chi connectivity index (χ0) is 13.8. The van der Waals surface area contributed by atoms with Gasteiger partial charge in [0.1, 0.15) is 21.9 Å². The summed E-state index contributed by atoms with van der Waals surface area (Å²) in [6, 6.07) is 7.54. The van der Waals surface area contributed by atoms with Crippen LogP contribution in [0.2, 0.25) is 0 Å². The molecule has 6 heteroatoms. The van der Waals surface area contributed by atoms with Gasteiger partial charge in [0.25, 0.3) is 0 Å². The number of nitrogens with zero attached hydrogens (tertiary/aromatic N) is 1. The highest BCUT2D eigenvalue weighted by atomic mass is 79.9. The monoisotopic (exact) mass is 324 g/mol. The number of aliphatic carboxylic acids is 1. The van der Waals surface area contributed by atoms with Crippen molar-refractivity contribution >= 4 is 21.9 Å². The number of imidazole rings is 1. The Bertz CT molecular complexity index is 595. The van der Waals surface area contributed by atoms with E-state index in [0.717, 1.165) is 21.6 Å². The predicted molar refractivity (Wildman–Crippen MR) is 74.2 cm³/mol. The molecule has 100 valence electrons. The second-order valence-electron chi connectivity index (χ2n) is 3.97. The van der Waals surface area contributed by atoms with Gasteiger partial charge in [0, 0.05) is 12.0 Å². The molecule has 0 saturated carbocycles. The number of rotatable bonds is 5. The van der Waals surface area contributed by atoms with E-state index in [1.807, 2.05) is 24.3 Å². The molecule has 1 aromatic heterocycles. The van der Waals surface area contributed by atoms with Gasteiger partial charge in [-0.1, -0.05) is 12.1 Å². The Balaban J connectivity index is 2.26. The average Bonchev–Trinajstić information content (AvgIpc) is 2.78. The SMILES string of the molecule is COc1cccc(-c2nc(CCC(=O)O)[nH]c2Br)c1. The quantitative estimate of drug-likeness (QED) is 0.886. The zero-order valence-corrected chi connectivity index (χ0v) is 11.9. The van der Waals surface area contributed by atoms with Crippen LogP contribution in [0.5, 0.6) is 5.75 Å². The number of nitrogens with one attached hydrogen (secondary N) is 1. The van der Waals surface area contributed by atoms with Crippen molar-refractivity contribution in [2.45, 2.75) is 12.8 Å². The Morgan fingerprint density at radius 3 is 3.00 bits per heavy atom. The van der Waals surface area contributed by atoms with Crippen molar-refractivity contribution in [1.82, 2.24) is 9.97 Å². The number of halogens is 1. The predicted octanol–water partition coefficient (Wildman–Crippen LogP) is 2.87. The minimum Gasteiger partial charge on any atom is -0.497 e. The molecule has 2 aromatic rings. The molecule has 1 heterocycles. The lowest BCUT2D eigenvalue weighted by Crippen LogP contribution is -1.98. The maximum absolute atomic E-state index is 10.5. The van der Waals surface area contributed by atoms with E-state index in [9.17, 15) is 4.79 Å². The molecule has 0 atom stereocenters. The maximum Gasteiger partial charge on any atom is 0.303 e. The van der Waals surface area contributed by atoms with Crippen molar-refractivity contribution in [2.75, 3.05) is 7.11 Å². The number of aromatic amines is 1. The number of carbonyl (C=O) groups is 1. The van der Waals surface area contributed by atoms with Crippen LogP contribution in [0.4, 0.5) is 0 Å². The first kappa shape index (κ1) is 13.6. The summed E-state index contributed by atoms with van der Waals surface area (Å²) in [6.07, 6.45) is 0.426. The Labute approximate surface area is 118 Å². The highest BCUT2D eigenvalue weighted by Gasteiger charge is 2.11. The van der Waals surface area contributed by atoms with Crippen molar-refractivity contribution in [3.63, 3.8) is 0 Å². The standard InChI is InChI=1S/C13H13BrN2O3/c1-19-9-4-2-3-8(7-9)12-13(14)16-10(15-12)5-6-11(17)18/h2-4,7H,5-6H2,1H3,(H,15,16)(H,17,18). The number of carboxylic acids is 1. The molecule has 0 amide bonds. The molecule has 2 rings (SSSR count). The third kappa shape index (κ3) is 3.35. The van der Waals surface area contributed by atoms with Crippen LogP contribution in [0.15, 0.2) is 28.9 Å². The summed E-state index contributed by atoms with van der Waals surface area (Å²) >= 11 is 3.40. The van der Waals surface area contributed by atoms with Gasteiger partial charge in [0.2, 0.25) is 0 Å². The summed E-state index contributed by atoms with van der Waals surface area (Å²) in [7, 11) is 1.61. The number of H-pyrrole nitrogens is 1. The van der Waals surface area contributed by atoms with Crippen molar-refractivity contribution < 1.29 is 14.6 Å². The fourth-order valence-electron chi connectivity index (χ4n) is 1.70.